The van der Waals surface area contributed by atoms with Gasteiger partial charge in [-0.2, -0.15) is 0 Å². The van der Waals surface area contributed by atoms with Gasteiger partial charge in [-0.05, 0) is 35.7 Å². The average Bonchev–Trinajstić information content (AvgIpc) is 2.93. The van der Waals surface area contributed by atoms with Crippen molar-refractivity contribution in [3.8, 4) is 0 Å². The number of imide groups is 1. The summed E-state index contributed by atoms with van der Waals surface area (Å²) in [6.45, 7) is 1.40. The van der Waals surface area contributed by atoms with Crippen molar-refractivity contribution in [2.75, 3.05) is 18.6 Å². The van der Waals surface area contributed by atoms with Crippen molar-refractivity contribution < 1.29 is 22.8 Å². The molecule has 0 bridgehead atoms. The summed E-state index contributed by atoms with van der Waals surface area (Å²) >= 11 is 0. The van der Waals surface area contributed by atoms with Crippen LogP contribution in [0.2, 0.25) is 0 Å². The maximum absolute atomic E-state index is 12.4. The van der Waals surface area contributed by atoms with Gasteiger partial charge in [-0.15, -0.1) is 0 Å². The first-order chi connectivity index (χ1) is 13.6. The van der Waals surface area contributed by atoms with E-state index >= 15 is 0 Å². The molecule has 0 radical (unpaired) electrons. The normalized spacial score (nSPS) is 18.0. The van der Waals surface area contributed by atoms with E-state index in [0.717, 1.165) is 27.5 Å². The van der Waals surface area contributed by atoms with E-state index in [4.69, 9.17) is 0 Å². The first kappa shape index (κ1) is 20.8. The minimum absolute atomic E-state index is 0.0188. The van der Waals surface area contributed by atoms with Gasteiger partial charge in [0.15, 0.2) is 0 Å². The maximum Gasteiger partial charge on any atom is 0.325 e. The molecule has 3 rings (SSSR count). The molecule has 29 heavy (non-hydrogen) atoms. The van der Waals surface area contributed by atoms with E-state index in [-0.39, 0.29) is 18.2 Å². The summed E-state index contributed by atoms with van der Waals surface area (Å²) in [7, 11) is -3.26. The molecule has 9 heteroatoms. The lowest BCUT2D eigenvalue weighted by molar-refractivity contribution is -0.132. The molecule has 0 aromatic heterocycles. The van der Waals surface area contributed by atoms with Crippen LogP contribution in [-0.2, 0) is 19.4 Å². The first-order valence-corrected chi connectivity index (χ1v) is 11.3. The van der Waals surface area contributed by atoms with Gasteiger partial charge >= 0.3 is 6.03 Å². The summed E-state index contributed by atoms with van der Waals surface area (Å²) in [6.07, 6.45) is 1.04. The molecule has 0 saturated carbocycles. The Morgan fingerprint density at radius 3 is 2.55 bits per heavy atom. The fourth-order valence-corrected chi connectivity index (χ4v) is 3.91. The fraction of sp³-hybridized carbons (Fsp3) is 0.350. The molecular formula is C20H23N3O5S. The minimum Gasteiger partial charge on any atom is -0.348 e. The molecule has 0 spiro atoms. The number of carbonyl (C=O) groups is 3. The van der Waals surface area contributed by atoms with Crippen LogP contribution in [0.5, 0.6) is 0 Å². The number of sulfone groups is 1. The van der Waals surface area contributed by atoms with Crippen molar-refractivity contribution in [3.63, 3.8) is 0 Å². The van der Waals surface area contributed by atoms with Crippen molar-refractivity contribution in [1.82, 2.24) is 15.5 Å². The van der Waals surface area contributed by atoms with E-state index in [2.05, 4.69) is 10.6 Å². The molecular weight excluding hydrogens is 394 g/mol. The van der Waals surface area contributed by atoms with Gasteiger partial charge in [-0.25, -0.2) is 13.2 Å². The van der Waals surface area contributed by atoms with Gasteiger partial charge in [0.05, 0.1) is 11.8 Å². The fourth-order valence-electron chi connectivity index (χ4n) is 3.25. The van der Waals surface area contributed by atoms with Crippen molar-refractivity contribution in [2.45, 2.75) is 25.4 Å². The van der Waals surface area contributed by atoms with Gasteiger partial charge in [0.25, 0.3) is 5.91 Å². The Balaban J connectivity index is 1.60. The molecule has 2 aromatic carbocycles. The summed E-state index contributed by atoms with van der Waals surface area (Å²) in [6, 6.07) is 11.8. The molecule has 1 heterocycles. The number of fused-ring (bicyclic) bond motifs is 1. The van der Waals surface area contributed by atoms with Crippen LogP contribution in [0.25, 0.3) is 10.8 Å². The monoisotopic (exact) mass is 417 g/mol. The van der Waals surface area contributed by atoms with E-state index in [0.29, 0.717) is 0 Å². The van der Waals surface area contributed by atoms with Crippen molar-refractivity contribution in [3.05, 3.63) is 48.0 Å². The number of carbonyl (C=O) groups excluding carboxylic acids is 3. The molecule has 154 valence electrons. The molecule has 1 aliphatic rings. The summed E-state index contributed by atoms with van der Waals surface area (Å²) in [4.78, 5) is 37.6. The van der Waals surface area contributed by atoms with Gasteiger partial charge in [-0.3, -0.25) is 14.5 Å². The number of hydrogen-bond donors (Lipinski definition) is 2. The SMILES string of the molecule is C[C@@H](NC(=O)CN1C(=O)N[C@H](CCS(C)(=O)=O)C1=O)c1ccc2ccccc2c1. The number of amides is 4. The van der Waals surface area contributed by atoms with E-state index in [1.807, 2.05) is 49.4 Å². The third-order valence-corrected chi connectivity index (χ3v) is 5.81. The molecule has 8 nitrogen and oxygen atoms in total. The molecule has 2 aromatic rings. The van der Waals surface area contributed by atoms with Gasteiger partial charge in [0, 0.05) is 6.26 Å². The van der Waals surface area contributed by atoms with Crippen LogP contribution in [0.3, 0.4) is 0 Å². The van der Waals surface area contributed by atoms with Gasteiger partial charge in [-0.1, -0.05) is 36.4 Å². The second kappa shape index (κ2) is 8.20. The number of nitrogens with one attached hydrogen (secondary N) is 2. The Hall–Kier alpha value is -2.94. The third kappa shape index (κ3) is 5.11. The summed E-state index contributed by atoms with van der Waals surface area (Å²) < 4.78 is 22.5. The lowest BCUT2D eigenvalue weighted by atomic mass is 10.0. The van der Waals surface area contributed by atoms with Crippen LogP contribution < -0.4 is 10.6 Å². The molecule has 1 aliphatic heterocycles. The first-order valence-electron chi connectivity index (χ1n) is 9.22. The van der Waals surface area contributed by atoms with Crippen LogP contribution in [0.1, 0.15) is 24.9 Å². The van der Waals surface area contributed by atoms with Crippen molar-refractivity contribution in [1.29, 1.82) is 0 Å². The van der Waals surface area contributed by atoms with Crippen LogP contribution in [0.15, 0.2) is 42.5 Å². The molecule has 0 unspecified atom stereocenters. The van der Waals surface area contributed by atoms with E-state index in [1.54, 1.807) is 0 Å². The highest BCUT2D eigenvalue weighted by Gasteiger charge is 2.39. The van der Waals surface area contributed by atoms with Crippen molar-refractivity contribution >= 4 is 38.5 Å². The topological polar surface area (TPSA) is 113 Å². The molecule has 1 saturated heterocycles. The zero-order valence-electron chi connectivity index (χ0n) is 16.2. The lowest BCUT2D eigenvalue weighted by Crippen LogP contribution is -2.41. The van der Waals surface area contributed by atoms with Crippen LogP contribution >= 0.6 is 0 Å². The van der Waals surface area contributed by atoms with E-state index < -0.39 is 40.3 Å². The molecule has 0 aliphatic carbocycles. The second-order valence-corrected chi connectivity index (χ2v) is 9.50. The predicted octanol–water partition coefficient (Wildman–Crippen LogP) is 1.37. The van der Waals surface area contributed by atoms with Gasteiger partial charge < -0.3 is 10.6 Å². The second-order valence-electron chi connectivity index (χ2n) is 7.24. The van der Waals surface area contributed by atoms with Crippen LogP contribution in [0.4, 0.5) is 4.79 Å². The molecule has 2 N–H and O–H groups in total. The quantitative estimate of drug-likeness (QED) is 0.661. The molecule has 4 amide bonds. The largest absolute Gasteiger partial charge is 0.348 e. The number of hydrogen-bond acceptors (Lipinski definition) is 5. The summed E-state index contributed by atoms with van der Waals surface area (Å²) in [5.41, 5.74) is 0.903. The number of urea groups is 1. The smallest absolute Gasteiger partial charge is 0.325 e. The third-order valence-electron chi connectivity index (χ3n) is 4.84. The number of benzene rings is 2. The zero-order chi connectivity index (χ0) is 21.2. The Morgan fingerprint density at radius 2 is 1.86 bits per heavy atom. The highest BCUT2D eigenvalue weighted by molar-refractivity contribution is 7.90. The Bertz CT molecular complexity index is 1070. The zero-order valence-corrected chi connectivity index (χ0v) is 17.0. The van der Waals surface area contributed by atoms with E-state index in [9.17, 15) is 22.8 Å². The summed E-state index contributed by atoms with van der Waals surface area (Å²) in [5, 5.41) is 7.36. The Morgan fingerprint density at radius 1 is 1.17 bits per heavy atom. The predicted molar refractivity (Wildman–Crippen MR) is 109 cm³/mol. The Labute approximate surface area is 169 Å². The minimum atomic E-state index is -3.26. The summed E-state index contributed by atoms with van der Waals surface area (Å²) in [5.74, 6) is -1.28. The highest BCUT2D eigenvalue weighted by atomic mass is 32.2. The molecule has 1 fully saturated rings. The maximum atomic E-state index is 12.4. The standard InChI is InChI=1S/C20H23N3O5S/c1-13(15-8-7-14-5-3-4-6-16(14)11-15)21-18(24)12-23-19(25)17(22-20(23)26)9-10-29(2,27)28/h3-8,11,13,17H,9-10,12H2,1-2H3,(H,21,24)(H,22,26)/t13-,17-/m1/s1. The number of rotatable bonds is 7. The molecule has 2 atom stereocenters. The van der Waals surface area contributed by atoms with Gasteiger partial charge in [0.2, 0.25) is 5.91 Å². The average molecular weight is 417 g/mol. The van der Waals surface area contributed by atoms with Gasteiger partial charge in [0.1, 0.15) is 22.4 Å². The number of nitrogens with zero attached hydrogens (tertiary/aromatic N) is 1. The van der Waals surface area contributed by atoms with Crippen LogP contribution in [0, 0.1) is 0 Å². The van der Waals surface area contributed by atoms with Crippen LogP contribution in [-0.4, -0.2) is 55.8 Å². The van der Waals surface area contributed by atoms with Crippen molar-refractivity contribution in [2.24, 2.45) is 0 Å². The van der Waals surface area contributed by atoms with E-state index in [1.165, 1.54) is 0 Å². The highest BCUT2D eigenvalue weighted by Crippen LogP contribution is 2.20. The lowest BCUT2D eigenvalue weighted by Gasteiger charge is -2.18. The Kier molecular flexibility index (Phi) is 5.88.